The van der Waals surface area contributed by atoms with Crippen LogP contribution in [-0.4, -0.2) is 24.8 Å². The van der Waals surface area contributed by atoms with Crippen molar-refractivity contribution >= 4 is 12.6 Å². The molecule has 0 saturated carbocycles. The first-order chi connectivity index (χ1) is 4.31. The number of nitrogens with one attached hydrogen (secondary N) is 1. The molecule has 0 aliphatic rings. The highest BCUT2D eigenvalue weighted by molar-refractivity contribution is 5.70. The highest BCUT2D eigenvalue weighted by Crippen LogP contribution is 1.73. The van der Waals surface area contributed by atoms with E-state index in [9.17, 15) is 4.79 Å². The molecule has 4 nitrogen and oxygen atoms in total. The summed E-state index contributed by atoms with van der Waals surface area (Å²) in [6.07, 6.45) is 2.82. The van der Waals surface area contributed by atoms with E-state index in [0.29, 0.717) is 6.29 Å². The van der Waals surface area contributed by atoms with Gasteiger partial charge in [-0.3, -0.25) is 9.79 Å². The minimum atomic E-state index is -0.352. The number of aliphatic hydroxyl groups is 1. The van der Waals surface area contributed by atoms with Crippen molar-refractivity contribution in [1.82, 2.24) is 5.32 Å². The molecule has 50 valence electrons. The molecular weight excluding hydrogens is 120 g/mol. The van der Waals surface area contributed by atoms with Crippen molar-refractivity contribution in [2.45, 2.75) is 0 Å². The number of carbonyl (C=O) groups is 1. The molecule has 4 heteroatoms. The lowest BCUT2D eigenvalue weighted by molar-refractivity contribution is -0.107. The molecule has 0 aromatic carbocycles. The molecular formula is C5H8N2O2. The van der Waals surface area contributed by atoms with Gasteiger partial charge in [0.15, 0.2) is 12.0 Å². The van der Waals surface area contributed by atoms with Crippen LogP contribution in [0.1, 0.15) is 0 Å². The van der Waals surface area contributed by atoms with Crippen molar-refractivity contribution in [1.29, 1.82) is 0 Å². The number of aldehydes is 1. The van der Waals surface area contributed by atoms with Gasteiger partial charge in [-0.1, -0.05) is 0 Å². The van der Waals surface area contributed by atoms with Crippen molar-refractivity contribution in [3.8, 4) is 0 Å². The summed E-state index contributed by atoms with van der Waals surface area (Å²) < 4.78 is 0. The van der Waals surface area contributed by atoms with Gasteiger partial charge >= 0.3 is 0 Å². The zero-order valence-corrected chi connectivity index (χ0v) is 5.03. The highest BCUT2D eigenvalue weighted by atomic mass is 16.3. The van der Waals surface area contributed by atoms with Gasteiger partial charge in [0.25, 0.3) is 0 Å². The largest absolute Gasteiger partial charge is 0.504 e. The van der Waals surface area contributed by atoms with Gasteiger partial charge < -0.3 is 10.4 Å². The molecule has 0 rings (SSSR count). The third kappa shape index (κ3) is 4.53. The Morgan fingerprint density at radius 1 is 1.78 bits per heavy atom. The Bertz CT molecular complexity index is 140. The van der Waals surface area contributed by atoms with Crippen molar-refractivity contribution < 1.29 is 9.90 Å². The monoisotopic (exact) mass is 128 g/mol. The molecule has 0 fully saturated rings. The Hall–Kier alpha value is -1.32. The van der Waals surface area contributed by atoms with E-state index in [1.807, 2.05) is 0 Å². The summed E-state index contributed by atoms with van der Waals surface area (Å²) in [6, 6.07) is 0. The Balaban J connectivity index is 3.56. The zero-order chi connectivity index (χ0) is 7.11. The van der Waals surface area contributed by atoms with Crippen LogP contribution in [0.3, 0.4) is 0 Å². The fourth-order valence-corrected chi connectivity index (χ4v) is 0.231. The quantitative estimate of drug-likeness (QED) is 0.182. The van der Waals surface area contributed by atoms with Gasteiger partial charge in [0.2, 0.25) is 0 Å². The standard InChI is InChI=1S/C5H8N2O2/c1-6-4-7-2-5(9)3-8/h2-4,9H,1H3,(H,6,7)/b5-2+. The smallest absolute Gasteiger partial charge is 0.185 e. The zero-order valence-electron chi connectivity index (χ0n) is 5.03. The number of carbonyl (C=O) groups excluding carboxylic acids is 1. The molecule has 0 unspecified atom stereocenters. The van der Waals surface area contributed by atoms with Crippen LogP contribution in [0.15, 0.2) is 17.0 Å². The lowest BCUT2D eigenvalue weighted by Crippen LogP contribution is -2.02. The first kappa shape index (κ1) is 7.68. The van der Waals surface area contributed by atoms with Crippen LogP contribution in [-0.2, 0) is 4.79 Å². The van der Waals surface area contributed by atoms with Crippen molar-refractivity contribution in [3.05, 3.63) is 12.0 Å². The summed E-state index contributed by atoms with van der Waals surface area (Å²) in [5, 5.41) is 10.9. The molecule has 0 amide bonds. The van der Waals surface area contributed by atoms with E-state index >= 15 is 0 Å². The van der Waals surface area contributed by atoms with Crippen molar-refractivity contribution in [2.75, 3.05) is 7.05 Å². The van der Waals surface area contributed by atoms with Crippen LogP contribution in [0.25, 0.3) is 0 Å². The number of allylic oxidation sites excluding steroid dienone is 1. The normalized spacial score (nSPS) is 11.9. The van der Waals surface area contributed by atoms with E-state index in [2.05, 4.69) is 10.3 Å². The number of hydrogen-bond acceptors (Lipinski definition) is 3. The fourth-order valence-electron chi connectivity index (χ4n) is 0.231. The number of rotatable bonds is 3. The maximum atomic E-state index is 9.70. The molecule has 2 N–H and O–H groups in total. The number of nitrogens with zero attached hydrogens (tertiary/aromatic N) is 1. The van der Waals surface area contributed by atoms with Gasteiger partial charge in [-0.2, -0.15) is 0 Å². The number of aliphatic hydroxyl groups excluding tert-OH is 1. The second kappa shape index (κ2) is 4.83. The van der Waals surface area contributed by atoms with Crippen LogP contribution >= 0.6 is 0 Å². The molecule has 0 bridgehead atoms. The van der Waals surface area contributed by atoms with E-state index in [-0.39, 0.29) is 5.76 Å². The summed E-state index contributed by atoms with van der Waals surface area (Å²) in [5.74, 6) is -0.352. The van der Waals surface area contributed by atoms with Crippen molar-refractivity contribution in [3.63, 3.8) is 0 Å². The Kier molecular flexibility index (Phi) is 4.12. The van der Waals surface area contributed by atoms with Crippen LogP contribution in [0.2, 0.25) is 0 Å². The van der Waals surface area contributed by atoms with Gasteiger partial charge in [-0.05, 0) is 0 Å². The Labute approximate surface area is 52.9 Å². The second-order valence-corrected chi connectivity index (χ2v) is 1.24. The number of hydrogen-bond donors (Lipinski definition) is 2. The first-order valence-electron chi connectivity index (χ1n) is 2.32. The van der Waals surface area contributed by atoms with Crippen LogP contribution in [0, 0.1) is 0 Å². The van der Waals surface area contributed by atoms with Gasteiger partial charge in [0.05, 0.1) is 6.34 Å². The molecule has 0 radical (unpaired) electrons. The minimum Gasteiger partial charge on any atom is -0.504 e. The van der Waals surface area contributed by atoms with Gasteiger partial charge in [0, 0.05) is 13.2 Å². The molecule has 0 saturated heterocycles. The molecule has 0 aliphatic heterocycles. The maximum Gasteiger partial charge on any atom is 0.185 e. The third-order valence-corrected chi connectivity index (χ3v) is 0.556. The van der Waals surface area contributed by atoms with E-state index in [1.54, 1.807) is 7.05 Å². The maximum absolute atomic E-state index is 9.70. The molecule has 0 aliphatic carbocycles. The lowest BCUT2D eigenvalue weighted by Gasteiger charge is -1.86. The van der Waals surface area contributed by atoms with Crippen molar-refractivity contribution in [2.24, 2.45) is 4.99 Å². The predicted molar refractivity (Wildman–Crippen MR) is 34.3 cm³/mol. The molecule has 0 heterocycles. The summed E-state index contributed by atoms with van der Waals surface area (Å²) in [5.41, 5.74) is 0. The third-order valence-electron chi connectivity index (χ3n) is 0.556. The van der Waals surface area contributed by atoms with E-state index in [0.717, 1.165) is 6.20 Å². The predicted octanol–water partition coefficient (Wildman–Crippen LogP) is -0.168. The Morgan fingerprint density at radius 3 is 2.89 bits per heavy atom. The summed E-state index contributed by atoms with van der Waals surface area (Å²) in [7, 11) is 1.57. The summed E-state index contributed by atoms with van der Waals surface area (Å²) in [4.78, 5) is 13.2. The van der Waals surface area contributed by atoms with E-state index in [4.69, 9.17) is 5.11 Å². The minimum absolute atomic E-state index is 0.330. The highest BCUT2D eigenvalue weighted by Gasteiger charge is 1.81. The SMILES string of the molecule is CN=CN/C=C(/O)C=O. The van der Waals surface area contributed by atoms with E-state index < -0.39 is 0 Å². The van der Waals surface area contributed by atoms with Gasteiger partial charge in [-0.15, -0.1) is 0 Å². The summed E-state index contributed by atoms with van der Waals surface area (Å²) in [6.45, 7) is 0. The summed E-state index contributed by atoms with van der Waals surface area (Å²) >= 11 is 0. The average Bonchev–Trinajstić information content (AvgIpc) is 1.89. The second-order valence-electron chi connectivity index (χ2n) is 1.24. The fraction of sp³-hybridized carbons (Fsp3) is 0.200. The lowest BCUT2D eigenvalue weighted by atomic mass is 10.6. The Morgan fingerprint density at radius 2 is 2.44 bits per heavy atom. The molecule has 0 spiro atoms. The van der Waals surface area contributed by atoms with Gasteiger partial charge in [0.1, 0.15) is 0 Å². The average molecular weight is 128 g/mol. The molecule has 9 heavy (non-hydrogen) atoms. The first-order valence-corrected chi connectivity index (χ1v) is 2.32. The molecule has 0 aromatic rings. The van der Waals surface area contributed by atoms with Gasteiger partial charge in [-0.25, -0.2) is 0 Å². The molecule has 0 atom stereocenters. The molecule has 0 aromatic heterocycles. The number of aliphatic imine (C=N–C) groups is 1. The van der Waals surface area contributed by atoms with Crippen LogP contribution in [0.4, 0.5) is 0 Å². The van der Waals surface area contributed by atoms with E-state index in [1.165, 1.54) is 6.34 Å². The van der Waals surface area contributed by atoms with Crippen LogP contribution in [0.5, 0.6) is 0 Å². The topological polar surface area (TPSA) is 61.7 Å². The van der Waals surface area contributed by atoms with Crippen LogP contribution < -0.4 is 5.32 Å².